The summed E-state index contributed by atoms with van der Waals surface area (Å²) >= 11 is 0. The van der Waals surface area contributed by atoms with Crippen molar-refractivity contribution in [2.75, 3.05) is 0 Å². The Kier molecular flexibility index (Phi) is 3.39. The third kappa shape index (κ3) is 2.50. The standard InChI is InChI=1S/C14H18O2/c1-10-5-3-4-6-12(10)9-13(15)14-8-7-11(2)16-14/h3-6,11,14H,7-9H2,1-2H3. The average Bonchev–Trinajstić information content (AvgIpc) is 2.68. The summed E-state index contributed by atoms with van der Waals surface area (Å²) in [5.41, 5.74) is 2.30. The molecule has 1 aliphatic rings. The molecule has 0 saturated carbocycles. The van der Waals surface area contributed by atoms with Crippen molar-refractivity contribution in [2.24, 2.45) is 0 Å². The van der Waals surface area contributed by atoms with Crippen LogP contribution in [0.5, 0.6) is 0 Å². The summed E-state index contributed by atoms with van der Waals surface area (Å²) < 4.78 is 5.59. The highest BCUT2D eigenvalue weighted by Crippen LogP contribution is 2.21. The highest BCUT2D eigenvalue weighted by Gasteiger charge is 2.27. The Labute approximate surface area is 96.6 Å². The van der Waals surface area contributed by atoms with Crippen molar-refractivity contribution in [1.82, 2.24) is 0 Å². The smallest absolute Gasteiger partial charge is 0.165 e. The molecule has 2 unspecified atom stereocenters. The van der Waals surface area contributed by atoms with Gasteiger partial charge in [0.2, 0.25) is 0 Å². The Morgan fingerprint density at radius 3 is 2.75 bits per heavy atom. The number of carbonyl (C=O) groups excluding carboxylic acids is 1. The van der Waals surface area contributed by atoms with Crippen LogP contribution in [0.2, 0.25) is 0 Å². The number of rotatable bonds is 3. The highest BCUT2D eigenvalue weighted by atomic mass is 16.5. The van der Waals surface area contributed by atoms with Crippen molar-refractivity contribution in [3.63, 3.8) is 0 Å². The van der Waals surface area contributed by atoms with Gasteiger partial charge in [0.25, 0.3) is 0 Å². The monoisotopic (exact) mass is 218 g/mol. The normalized spacial score (nSPS) is 24.6. The lowest BCUT2D eigenvalue weighted by Gasteiger charge is -2.11. The molecule has 0 bridgehead atoms. The van der Waals surface area contributed by atoms with E-state index in [1.807, 2.05) is 38.1 Å². The molecular formula is C14H18O2. The molecule has 1 fully saturated rings. The molecule has 2 heteroatoms. The zero-order valence-electron chi connectivity index (χ0n) is 9.90. The summed E-state index contributed by atoms with van der Waals surface area (Å²) in [4.78, 5) is 12.0. The van der Waals surface area contributed by atoms with Gasteiger partial charge in [-0.25, -0.2) is 0 Å². The second-order valence-corrected chi connectivity index (χ2v) is 4.58. The number of benzene rings is 1. The lowest BCUT2D eigenvalue weighted by atomic mass is 10.00. The van der Waals surface area contributed by atoms with Gasteiger partial charge >= 0.3 is 0 Å². The Bertz CT molecular complexity index is 384. The van der Waals surface area contributed by atoms with Crippen molar-refractivity contribution < 1.29 is 9.53 Å². The Morgan fingerprint density at radius 2 is 2.12 bits per heavy atom. The summed E-state index contributed by atoms with van der Waals surface area (Å²) in [7, 11) is 0. The largest absolute Gasteiger partial charge is 0.367 e. The van der Waals surface area contributed by atoms with Gasteiger partial charge in [-0.05, 0) is 37.8 Å². The third-order valence-electron chi connectivity index (χ3n) is 3.22. The number of Topliss-reactive ketones (excluding diaryl/α,β-unsaturated/α-hetero) is 1. The first kappa shape index (κ1) is 11.3. The molecular weight excluding hydrogens is 200 g/mol. The van der Waals surface area contributed by atoms with Gasteiger partial charge in [0.1, 0.15) is 6.10 Å². The molecule has 1 aromatic rings. The molecule has 1 aromatic carbocycles. The number of ketones is 1. The number of hydrogen-bond donors (Lipinski definition) is 0. The Morgan fingerprint density at radius 1 is 1.38 bits per heavy atom. The summed E-state index contributed by atoms with van der Waals surface area (Å²) in [6, 6.07) is 8.04. The fraction of sp³-hybridized carbons (Fsp3) is 0.500. The van der Waals surface area contributed by atoms with Crippen molar-refractivity contribution in [3.05, 3.63) is 35.4 Å². The topological polar surface area (TPSA) is 26.3 Å². The van der Waals surface area contributed by atoms with Crippen LogP contribution in [0.25, 0.3) is 0 Å². The molecule has 2 nitrogen and oxygen atoms in total. The minimum atomic E-state index is -0.172. The van der Waals surface area contributed by atoms with Crippen LogP contribution in [0.4, 0.5) is 0 Å². The van der Waals surface area contributed by atoms with E-state index in [1.165, 1.54) is 5.56 Å². The summed E-state index contributed by atoms with van der Waals surface area (Å²) in [6.07, 6.45) is 2.46. The molecule has 86 valence electrons. The maximum absolute atomic E-state index is 12.0. The van der Waals surface area contributed by atoms with E-state index >= 15 is 0 Å². The van der Waals surface area contributed by atoms with Crippen LogP contribution >= 0.6 is 0 Å². The molecule has 0 radical (unpaired) electrons. The van der Waals surface area contributed by atoms with Gasteiger partial charge in [0, 0.05) is 6.42 Å². The second-order valence-electron chi connectivity index (χ2n) is 4.58. The van der Waals surface area contributed by atoms with Gasteiger partial charge in [-0.3, -0.25) is 4.79 Å². The third-order valence-corrected chi connectivity index (χ3v) is 3.22. The maximum Gasteiger partial charge on any atom is 0.165 e. The molecule has 16 heavy (non-hydrogen) atoms. The van der Waals surface area contributed by atoms with Crippen LogP contribution < -0.4 is 0 Å². The lowest BCUT2D eigenvalue weighted by Crippen LogP contribution is -2.22. The van der Waals surface area contributed by atoms with Crippen LogP contribution in [0.15, 0.2) is 24.3 Å². The average molecular weight is 218 g/mol. The Hall–Kier alpha value is -1.15. The highest BCUT2D eigenvalue weighted by molar-refractivity contribution is 5.85. The van der Waals surface area contributed by atoms with Gasteiger partial charge in [0.15, 0.2) is 5.78 Å². The number of aryl methyl sites for hydroxylation is 1. The molecule has 0 N–H and O–H groups in total. The quantitative estimate of drug-likeness (QED) is 0.779. The van der Waals surface area contributed by atoms with Crippen molar-refractivity contribution in [2.45, 2.75) is 45.3 Å². The number of carbonyl (C=O) groups is 1. The molecule has 0 spiro atoms. The predicted molar refractivity (Wildman–Crippen MR) is 63.5 cm³/mol. The first-order valence-corrected chi connectivity index (χ1v) is 5.89. The SMILES string of the molecule is Cc1ccccc1CC(=O)C1CCC(C)O1. The van der Waals surface area contributed by atoms with E-state index in [0.717, 1.165) is 18.4 Å². The fourth-order valence-electron chi connectivity index (χ4n) is 2.15. The van der Waals surface area contributed by atoms with E-state index in [-0.39, 0.29) is 18.0 Å². The molecule has 0 aromatic heterocycles. The summed E-state index contributed by atoms with van der Waals surface area (Å²) in [6.45, 7) is 4.07. The van der Waals surface area contributed by atoms with E-state index in [2.05, 4.69) is 0 Å². The Balaban J connectivity index is 2.00. The van der Waals surface area contributed by atoms with Crippen molar-refractivity contribution >= 4 is 5.78 Å². The van der Waals surface area contributed by atoms with Crippen LogP contribution in [0, 0.1) is 6.92 Å². The van der Waals surface area contributed by atoms with Gasteiger partial charge < -0.3 is 4.74 Å². The molecule has 0 amide bonds. The zero-order chi connectivity index (χ0) is 11.5. The molecule has 1 aliphatic heterocycles. The van der Waals surface area contributed by atoms with Crippen LogP contribution in [0.3, 0.4) is 0 Å². The van der Waals surface area contributed by atoms with Gasteiger partial charge in [0.05, 0.1) is 6.10 Å². The lowest BCUT2D eigenvalue weighted by molar-refractivity contribution is -0.128. The summed E-state index contributed by atoms with van der Waals surface area (Å²) in [5, 5.41) is 0. The van der Waals surface area contributed by atoms with Gasteiger partial charge in [-0.1, -0.05) is 24.3 Å². The predicted octanol–water partition coefficient (Wildman–Crippen LogP) is 2.67. The van der Waals surface area contributed by atoms with Crippen LogP contribution in [-0.4, -0.2) is 18.0 Å². The minimum Gasteiger partial charge on any atom is -0.367 e. The van der Waals surface area contributed by atoms with E-state index in [9.17, 15) is 4.79 Å². The maximum atomic E-state index is 12.0. The molecule has 2 atom stereocenters. The van der Waals surface area contributed by atoms with Crippen LogP contribution in [0.1, 0.15) is 30.9 Å². The molecule has 0 aliphatic carbocycles. The van der Waals surface area contributed by atoms with E-state index in [4.69, 9.17) is 4.74 Å². The van der Waals surface area contributed by atoms with Gasteiger partial charge in [-0.2, -0.15) is 0 Å². The minimum absolute atomic E-state index is 0.172. The fourth-order valence-corrected chi connectivity index (χ4v) is 2.15. The molecule has 1 heterocycles. The molecule has 2 rings (SSSR count). The van der Waals surface area contributed by atoms with E-state index < -0.39 is 0 Å². The van der Waals surface area contributed by atoms with E-state index in [1.54, 1.807) is 0 Å². The van der Waals surface area contributed by atoms with Crippen molar-refractivity contribution in [3.8, 4) is 0 Å². The summed E-state index contributed by atoms with van der Waals surface area (Å²) in [5.74, 6) is 0.221. The van der Waals surface area contributed by atoms with Crippen molar-refractivity contribution in [1.29, 1.82) is 0 Å². The van der Waals surface area contributed by atoms with Crippen LogP contribution in [-0.2, 0) is 16.0 Å². The molecule has 1 saturated heterocycles. The zero-order valence-corrected chi connectivity index (χ0v) is 9.90. The first-order chi connectivity index (χ1) is 7.66. The van der Waals surface area contributed by atoms with E-state index in [0.29, 0.717) is 6.42 Å². The second kappa shape index (κ2) is 4.79. The first-order valence-electron chi connectivity index (χ1n) is 5.89. The number of hydrogen-bond acceptors (Lipinski definition) is 2. The van der Waals surface area contributed by atoms with Gasteiger partial charge in [-0.15, -0.1) is 0 Å². The number of ether oxygens (including phenoxy) is 1.